The minimum Gasteiger partial charge on any atom is -0.501 e. The van der Waals surface area contributed by atoms with Crippen molar-refractivity contribution in [3.8, 4) is 0 Å². The van der Waals surface area contributed by atoms with Crippen molar-refractivity contribution in [2.24, 2.45) is 0 Å². The van der Waals surface area contributed by atoms with Crippen LogP contribution in [0.3, 0.4) is 0 Å². The fourth-order valence-electron chi connectivity index (χ4n) is 3.13. The van der Waals surface area contributed by atoms with E-state index in [1.165, 1.54) is 6.26 Å². The predicted octanol–water partition coefficient (Wildman–Crippen LogP) is 2.10. The van der Waals surface area contributed by atoms with Gasteiger partial charge in [-0.25, -0.2) is 0 Å². The first-order valence-corrected chi connectivity index (χ1v) is 8.84. The van der Waals surface area contributed by atoms with Crippen LogP contribution in [0.4, 0.5) is 5.69 Å². The van der Waals surface area contributed by atoms with Gasteiger partial charge < -0.3 is 19.9 Å². The van der Waals surface area contributed by atoms with Crippen molar-refractivity contribution in [1.29, 1.82) is 0 Å². The van der Waals surface area contributed by atoms with Gasteiger partial charge in [0.2, 0.25) is 0 Å². The quantitative estimate of drug-likeness (QED) is 0.913. The highest BCUT2D eigenvalue weighted by atomic mass is 16.5. The van der Waals surface area contributed by atoms with Crippen LogP contribution >= 0.6 is 0 Å². The Balaban J connectivity index is 1.74. The predicted molar refractivity (Wildman–Crippen MR) is 96.4 cm³/mol. The summed E-state index contributed by atoms with van der Waals surface area (Å²) in [6.45, 7) is 3.96. The molecule has 0 radical (unpaired) electrons. The second-order valence-corrected chi connectivity index (χ2v) is 6.57. The molecule has 1 N–H and O–H groups in total. The molecular formula is C19H25N3O3. The average molecular weight is 343 g/mol. The van der Waals surface area contributed by atoms with Gasteiger partial charge in [-0.2, -0.15) is 0 Å². The molecule has 25 heavy (non-hydrogen) atoms. The Morgan fingerprint density at radius 2 is 1.92 bits per heavy atom. The number of anilines is 1. The van der Waals surface area contributed by atoms with Crippen molar-refractivity contribution < 1.29 is 14.3 Å². The van der Waals surface area contributed by atoms with E-state index in [0.29, 0.717) is 36.4 Å². The number of benzene rings is 1. The molecule has 6 nitrogen and oxygen atoms in total. The second kappa shape index (κ2) is 8.16. The minimum absolute atomic E-state index is 0.0277. The molecule has 0 aromatic heterocycles. The van der Waals surface area contributed by atoms with Gasteiger partial charge in [0, 0.05) is 19.6 Å². The van der Waals surface area contributed by atoms with Gasteiger partial charge in [-0.1, -0.05) is 12.1 Å². The Morgan fingerprint density at radius 1 is 1.08 bits per heavy atom. The van der Waals surface area contributed by atoms with Crippen LogP contribution in [0.25, 0.3) is 0 Å². The molecule has 0 atom stereocenters. The number of carbonyl (C=O) groups excluding carboxylic acids is 2. The van der Waals surface area contributed by atoms with Crippen molar-refractivity contribution in [2.75, 3.05) is 45.2 Å². The van der Waals surface area contributed by atoms with Gasteiger partial charge in [-0.05, 0) is 45.0 Å². The molecule has 2 aliphatic rings. The fourth-order valence-corrected chi connectivity index (χ4v) is 3.13. The summed E-state index contributed by atoms with van der Waals surface area (Å²) >= 11 is 0. The lowest BCUT2D eigenvalue weighted by Gasteiger charge is -2.22. The fraction of sp³-hybridized carbons (Fsp3) is 0.474. The molecule has 2 amide bonds. The molecule has 6 heteroatoms. The van der Waals surface area contributed by atoms with Crippen molar-refractivity contribution >= 4 is 17.5 Å². The number of nitrogens with zero attached hydrogens (tertiary/aromatic N) is 2. The van der Waals surface area contributed by atoms with Crippen molar-refractivity contribution in [3.05, 3.63) is 41.7 Å². The van der Waals surface area contributed by atoms with Crippen LogP contribution in [0.2, 0.25) is 0 Å². The molecular weight excluding hydrogens is 318 g/mol. The monoisotopic (exact) mass is 343 g/mol. The zero-order chi connectivity index (χ0) is 17.6. The highest BCUT2D eigenvalue weighted by Crippen LogP contribution is 2.21. The first kappa shape index (κ1) is 17.5. The maximum absolute atomic E-state index is 13.0. The van der Waals surface area contributed by atoms with Gasteiger partial charge in [0.15, 0.2) is 0 Å². The lowest BCUT2D eigenvalue weighted by atomic mass is 10.1. The summed E-state index contributed by atoms with van der Waals surface area (Å²) in [6.07, 6.45) is 4.01. The zero-order valence-electron chi connectivity index (χ0n) is 14.7. The van der Waals surface area contributed by atoms with Crippen LogP contribution in [-0.2, 0) is 9.53 Å². The van der Waals surface area contributed by atoms with Crippen LogP contribution in [0.15, 0.2) is 36.1 Å². The molecule has 2 aliphatic heterocycles. The molecule has 1 fully saturated rings. The number of likely N-dealkylation sites (N-methyl/N-ethyl adjacent to an activating group) is 1. The smallest absolute Gasteiger partial charge is 0.256 e. The number of para-hydroxylation sites is 1. The lowest BCUT2D eigenvalue weighted by molar-refractivity contribution is -0.113. The molecule has 1 saturated heterocycles. The molecule has 1 aromatic carbocycles. The summed E-state index contributed by atoms with van der Waals surface area (Å²) in [5.74, 6) is -0.226. The molecule has 1 aromatic rings. The van der Waals surface area contributed by atoms with E-state index in [1.807, 2.05) is 17.0 Å². The maximum Gasteiger partial charge on any atom is 0.256 e. The number of ether oxygens (including phenoxy) is 1. The normalized spacial score (nSPS) is 18.8. The summed E-state index contributed by atoms with van der Waals surface area (Å²) < 4.78 is 5.24. The highest BCUT2D eigenvalue weighted by molar-refractivity contribution is 6.08. The summed E-state index contributed by atoms with van der Waals surface area (Å²) in [6, 6.07) is 7.21. The number of carbonyl (C=O) groups is 2. The first-order valence-electron chi connectivity index (χ1n) is 8.84. The molecule has 0 aliphatic carbocycles. The number of nitrogens with one attached hydrogen (secondary N) is 1. The largest absolute Gasteiger partial charge is 0.501 e. The minimum atomic E-state index is -0.199. The molecule has 0 unspecified atom stereocenters. The summed E-state index contributed by atoms with van der Waals surface area (Å²) in [5.41, 5.74) is 1.71. The standard InChI is InChI=1S/C19H25N3O3/c1-21-9-5-10-22(12-11-21)19(24)16-7-2-3-8-17(16)20-18(23)15-6-4-13-25-14-15/h2-3,7-8,14H,4-6,9-13H2,1H3,(H,20,23). The summed E-state index contributed by atoms with van der Waals surface area (Å²) in [5, 5.41) is 2.88. The van der Waals surface area contributed by atoms with Crippen LogP contribution in [0.1, 0.15) is 29.6 Å². The topological polar surface area (TPSA) is 61.9 Å². The van der Waals surface area contributed by atoms with E-state index >= 15 is 0 Å². The van der Waals surface area contributed by atoms with Crippen LogP contribution in [0.5, 0.6) is 0 Å². The van der Waals surface area contributed by atoms with E-state index in [1.54, 1.807) is 12.1 Å². The third-order valence-electron chi connectivity index (χ3n) is 4.64. The van der Waals surface area contributed by atoms with Crippen molar-refractivity contribution in [2.45, 2.75) is 19.3 Å². The summed E-state index contributed by atoms with van der Waals surface area (Å²) in [4.78, 5) is 29.5. The van der Waals surface area contributed by atoms with Gasteiger partial charge in [-0.15, -0.1) is 0 Å². The second-order valence-electron chi connectivity index (χ2n) is 6.57. The Hall–Kier alpha value is -2.34. The molecule has 3 rings (SSSR count). The van der Waals surface area contributed by atoms with Crippen LogP contribution < -0.4 is 5.32 Å². The van der Waals surface area contributed by atoms with Gasteiger partial charge in [0.25, 0.3) is 11.8 Å². The molecule has 0 spiro atoms. The number of rotatable bonds is 3. The third kappa shape index (κ3) is 4.39. The van der Waals surface area contributed by atoms with E-state index in [2.05, 4.69) is 17.3 Å². The first-order chi connectivity index (χ1) is 12.1. The Bertz CT molecular complexity index is 672. The van der Waals surface area contributed by atoms with Crippen molar-refractivity contribution in [3.63, 3.8) is 0 Å². The Kier molecular flexibility index (Phi) is 5.71. The van der Waals surface area contributed by atoms with E-state index < -0.39 is 0 Å². The lowest BCUT2D eigenvalue weighted by Crippen LogP contribution is -2.35. The Labute approximate surface area is 148 Å². The van der Waals surface area contributed by atoms with E-state index in [0.717, 1.165) is 32.5 Å². The summed E-state index contributed by atoms with van der Waals surface area (Å²) in [7, 11) is 2.07. The van der Waals surface area contributed by atoms with Crippen molar-refractivity contribution in [1.82, 2.24) is 9.80 Å². The molecule has 0 saturated carbocycles. The maximum atomic E-state index is 13.0. The Morgan fingerprint density at radius 3 is 2.72 bits per heavy atom. The third-order valence-corrected chi connectivity index (χ3v) is 4.64. The van der Waals surface area contributed by atoms with Gasteiger partial charge in [-0.3, -0.25) is 9.59 Å². The van der Waals surface area contributed by atoms with Gasteiger partial charge in [0.05, 0.1) is 29.7 Å². The number of hydrogen-bond acceptors (Lipinski definition) is 4. The van der Waals surface area contributed by atoms with E-state index in [9.17, 15) is 9.59 Å². The molecule has 134 valence electrons. The SMILES string of the molecule is CN1CCCN(C(=O)c2ccccc2NC(=O)C2=COCCC2)CC1. The van der Waals surface area contributed by atoms with Gasteiger partial charge in [0.1, 0.15) is 0 Å². The number of hydrogen-bond donors (Lipinski definition) is 1. The highest BCUT2D eigenvalue weighted by Gasteiger charge is 2.22. The number of amides is 2. The van der Waals surface area contributed by atoms with Crippen LogP contribution in [0, 0.1) is 0 Å². The zero-order valence-corrected chi connectivity index (χ0v) is 14.7. The molecule has 0 bridgehead atoms. The average Bonchev–Trinajstić information content (AvgIpc) is 2.87. The van der Waals surface area contributed by atoms with E-state index in [-0.39, 0.29) is 11.8 Å². The van der Waals surface area contributed by atoms with Gasteiger partial charge >= 0.3 is 0 Å². The van der Waals surface area contributed by atoms with Crippen LogP contribution in [-0.4, -0.2) is 61.4 Å². The molecule has 2 heterocycles. The van der Waals surface area contributed by atoms with E-state index in [4.69, 9.17) is 4.74 Å².